The average molecular weight is 457 g/mol. The predicted molar refractivity (Wildman–Crippen MR) is 118 cm³/mol. The van der Waals surface area contributed by atoms with Gasteiger partial charge in [0.15, 0.2) is 0 Å². The van der Waals surface area contributed by atoms with Crippen molar-refractivity contribution in [2.75, 3.05) is 37.7 Å². The number of amides is 1. The maximum atomic E-state index is 13.4. The number of alkyl halides is 3. The van der Waals surface area contributed by atoms with Gasteiger partial charge < -0.3 is 14.9 Å². The van der Waals surface area contributed by atoms with Crippen molar-refractivity contribution in [3.8, 4) is 6.07 Å². The second kappa shape index (κ2) is 8.38. The van der Waals surface area contributed by atoms with Crippen molar-refractivity contribution in [3.63, 3.8) is 0 Å². The molecule has 0 aliphatic carbocycles. The number of nitrogens with zero attached hydrogens (tertiary/aromatic N) is 3. The van der Waals surface area contributed by atoms with E-state index in [0.717, 1.165) is 17.2 Å². The first-order valence-electron chi connectivity index (χ1n) is 10.9. The Kier molecular flexibility index (Phi) is 5.87. The number of hydrogen-bond donors (Lipinski definition) is 1. The molecular formula is C25H26F3N3O2. The third-order valence-electron chi connectivity index (χ3n) is 6.93. The van der Waals surface area contributed by atoms with Gasteiger partial charge in [0, 0.05) is 42.8 Å². The molecule has 0 unspecified atom stereocenters. The summed E-state index contributed by atoms with van der Waals surface area (Å²) in [5, 5.41) is 19.4. The molecule has 0 spiro atoms. The monoisotopic (exact) mass is 457 g/mol. The number of piperidine rings is 1. The normalized spacial score (nSPS) is 22.8. The van der Waals surface area contributed by atoms with E-state index in [1.807, 2.05) is 36.9 Å². The van der Waals surface area contributed by atoms with Gasteiger partial charge in [-0.05, 0) is 56.5 Å². The molecule has 174 valence electrons. The van der Waals surface area contributed by atoms with Gasteiger partial charge in [-0.3, -0.25) is 4.79 Å². The number of likely N-dealkylation sites (tertiary alicyclic amines) is 1. The van der Waals surface area contributed by atoms with Crippen LogP contribution in [-0.4, -0.2) is 48.7 Å². The SMILES string of the molecule is Cc1cc(C)cc(C(=O)N2C[C@H]3CCN(c4ccc(C#N)c(C(F)(F)F)c4)C[C@@]3(CO)C2)c1. The molecule has 0 saturated carbocycles. The molecule has 2 atom stereocenters. The number of benzene rings is 2. The van der Waals surface area contributed by atoms with Crippen LogP contribution in [0.15, 0.2) is 36.4 Å². The van der Waals surface area contributed by atoms with Crippen LogP contribution >= 0.6 is 0 Å². The predicted octanol–water partition coefficient (Wildman–Crippen LogP) is 4.15. The van der Waals surface area contributed by atoms with Gasteiger partial charge in [-0.25, -0.2) is 0 Å². The zero-order valence-electron chi connectivity index (χ0n) is 18.6. The Morgan fingerprint density at radius 2 is 1.88 bits per heavy atom. The lowest BCUT2D eigenvalue weighted by Gasteiger charge is -2.44. The largest absolute Gasteiger partial charge is 0.417 e. The molecule has 4 rings (SSSR count). The fraction of sp³-hybridized carbons (Fsp3) is 0.440. The second-order valence-electron chi connectivity index (χ2n) is 9.33. The Hall–Kier alpha value is -3.05. The molecule has 1 N–H and O–H groups in total. The molecule has 0 aromatic heterocycles. The van der Waals surface area contributed by atoms with E-state index in [4.69, 9.17) is 5.26 Å². The van der Waals surface area contributed by atoms with Gasteiger partial charge in [-0.2, -0.15) is 18.4 Å². The highest BCUT2D eigenvalue weighted by Crippen LogP contribution is 2.44. The Labute approximate surface area is 191 Å². The van der Waals surface area contributed by atoms with Crippen LogP contribution in [0.1, 0.15) is 39.0 Å². The second-order valence-corrected chi connectivity index (χ2v) is 9.33. The number of nitriles is 1. The van der Waals surface area contributed by atoms with E-state index in [1.54, 1.807) is 11.0 Å². The maximum Gasteiger partial charge on any atom is 0.417 e. The molecule has 0 bridgehead atoms. The summed E-state index contributed by atoms with van der Waals surface area (Å²) >= 11 is 0. The van der Waals surface area contributed by atoms with Crippen LogP contribution in [0.5, 0.6) is 0 Å². The molecule has 2 heterocycles. The van der Waals surface area contributed by atoms with E-state index in [1.165, 1.54) is 12.1 Å². The highest BCUT2D eigenvalue weighted by Gasteiger charge is 2.51. The van der Waals surface area contributed by atoms with E-state index >= 15 is 0 Å². The first-order chi connectivity index (χ1) is 15.6. The van der Waals surface area contributed by atoms with Crippen molar-refractivity contribution in [2.45, 2.75) is 26.4 Å². The highest BCUT2D eigenvalue weighted by atomic mass is 19.4. The molecule has 1 amide bonds. The van der Waals surface area contributed by atoms with Crippen LogP contribution in [0, 0.1) is 36.5 Å². The van der Waals surface area contributed by atoms with Crippen molar-refractivity contribution >= 4 is 11.6 Å². The fourth-order valence-corrected chi connectivity index (χ4v) is 5.33. The summed E-state index contributed by atoms with van der Waals surface area (Å²) in [5.74, 6) is -0.0256. The number of fused-ring (bicyclic) bond motifs is 1. The quantitative estimate of drug-likeness (QED) is 0.752. The number of halogens is 3. The van der Waals surface area contributed by atoms with Crippen LogP contribution in [0.3, 0.4) is 0 Å². The van der Waals surface area contributed by atoms with Gasteiger partial charge in [0.1, 0.15) is 0 Å². The first-order valence-corrected chi connectivity index (χ1v) is 10.9. The van der Waals surface area contributed by atoms with Crippen LogP contribution in [-0.2, 0) is 6.18 Å². The van der Waals surface area contributed by atoms with E-state index in [9.17, 15) is 23.1 Å². The summed E-state index contributed by atoms with van der Waals surface area (Å²) in [6.07, 6.45) is -3.98. The molecule has 2 saturated heterocycles. The number of carbonyl (C=O) groups excluding carboxylic acids is 1. The maximum absolute atomic E-state index is 13.4. The highest BCUT2D eigenvalue weighted by molar-refractivity contribution is 5.95. The molecule has 2 aromatic rings. The van der Waals surface area contributed by atoms with E-state index in [2.05, 4.69) is 0 Å². The zero-order valence-corrected chi connectivity index (χ0v) is 18.6. The summed E-state index contributed by atoms with van der Waals surface area (Å²) in [7, 11) is 0. The van der Waals surface area contributed by atoms with Crippen LogP contribution < -0.4 is 4.90 Å². The third kappa shape index (κ3) is 4.30. The third-order valence-corrected chi connectivity index (χ3v) is 6.93. The minimum Gasteiger partial charge on any atom is -0.396 e. The standard InChI is InChI=1S/C25H26F3N3O2/c1-16-7-17(2)9-19(8-16)23(33)31-12-20-5-6-30(13-24(20,14-31)15-32)21-4-3-18(11-29)22(10-21)25(26,27)28/h3-4,7-10,20,32H,5-6,12-15H2,1-2H3/t20-,24+/m1/s1. The van der Waals surface area contributed by atoms with Crippen LogP contribution in [0.2, 0.25) is 0 Å². The first kappa shape index (κ1) is 23.1. The Morgan fingerprint density at radius 3 is 2.48 bits per heavy atom. The number of carbonyl (C=O) groups is 1. The molecule has 0 radical (unpaired) electrons. The number of anilines is 1. The smallest absolute Gasteiger partial charge is 0.396 e. The topological polar surface area (TPSA) is 67.6 Å². The molecular weight excluding hydrogens is 431 g/mol. The van der Waals surface area contributed by atoms with Crippen molar-refractivity contribution in [1.29, 1.82) is 5.26 Å². The fourth-order valence-electron chi connectivity index (χ4n) is 5.33. The molecule has 2 fully saturated rings. The minimum atomic E-state index is -4.63. The van der Waals surface area contributed by atoms with Gasteiger partial charge in [0.25, 0.3) is 5.91 Å². The van der Waals surface area contributed by atoms with E-state index in [-0.39, 0.29) is 18.4 Å². The number of aryl methyl sites for hydroxylation is 2. The lowest BCUT2D eigenvalue weighted by molar-refractivity contribution is -0.137. The van der Waals surface area contributed by atoms with E-state index < -0.39 is 22.7 Å². The lowest BCUT2D eigenvalue weighted by atomic mass is 9.74. The van der Waals surface area contributed by atoms with Crippen molar-refractivity contribution in [3.05, 3.63) is 64.2 Å². The van der Waals surface area contributed by atoms with Crippen molar-refractivity contribution in [2.24, 2.45) is 11.3 Å². The number of hydrogen-bond acceptors (Lipinski definition) is 4. The lowest BCUT2D eigenvalue weighted by Crippen LogP contribution is -2.51. The van der Waals surface area contributed by atoms with Gasteiger partial charge >= 0.3 is 6.18 Å². The summed E-state index contributed by atoms with van der Waals surface area (Å²) in [5.41, 5.74) is 0.993. The Balaban J connectivity index is 1.59. The Morgan fingerprint density at radius 1 is 1.18 bits per heavy atom. The summed E-state index contributed by atoms with van der Waals surface area (Å²) < 4.78 is 40.3. The summed E-state index contributed by atoms with van der Waals surface area (Å²) in [6.45, 7) is 5.43. The van der Waals surface area contributed by atoms with Gasteiger partial charge in [-0.15, -0.1) is 0 Å². The zero-order chi connectivity index (χ0) is 24.0. The molecule has 33 heavy (non-hydrogen) atoms. The number of aliphatic hydroxyl groups is 1. The Bertz CT molecular complexity index is 1100. The van der Waals surface area contributed by atoms with E-state index in [0.29, 0.717) is 43.9 Å². The van der Waals surface area contributed by atoms with Crippen LogP contribution in [0.25, 0.3) is 0 Å². The molecule has 2 aliphatic heterocycles. The molecule has 2 aliphatic rings. The van der Waals surface area contributed by atoms with Crippen molar-refractivity contribution in [1.82, 2.24) is 4.90 Å². The summed E-state index contributed by atoms with van der Waals surface area (Å²) in [4.78, 5) is 16.8. The minimum absolute atomic E-state index is 0.0640. The van der Waals surface area contributed by atoms with Crippen LogP contribution in [0.4, 0.5) is 18.9 Å². The summed E-state index contributed by atoms with van der Waals surface area (Å²) in [6, 6.07) is 11.0. The average Bonchev–Trinajstić information content (AvgIpc) is 3.16. The molecule has 2 aromatic carbocycles. The number of rotatable bonds is 3. The number of aliphatic hydroxyl groups excluding tert-OH is 1. The van der Waals surface area contributed by atoms with Gasteiger partial charge in [-0.1, -0.05) is 17.2 Å². The molecule has 5 nitrogen and oxygen atoms in total. The van der Waals surface area contributed by atoms with Gasteiger partial charge in [0.2, 0.25) is 0 Å². The molecule has 8 heteroatoms. The van der Waals surface area contributed by atoms with Crippen molar-refractivity contribution < 1.29 is 23.1 Å². The van der Waals surface area contributed by atoms with Gasteiger partial charge in [0.05, 0.1) is 23.8 Å².